The van der Waals surface area contributed by atoms with Gasteiger partial charge in [-0.1, -0.05) is 13.0 Å². The molecule has 5 heteroatoms. The number of nitrogen functional groups attached to an aromatic ring is 1. The molecular formula is C16H27N3O2. The molecule has 5 nitrogen and oxygen atoms in total. The number of benzene rings is 1. The van der Waals surface area contributed by atoms with Gasteiger partial charge in [-0.3, -0.25) is 9.69 Å². The number of carbonyl (C=O) groups excluding carboxylic acids is 1. The van der Waals surface area contributed by atoms with Gasteiger partial charge in [-0.25, -0.2) is 0 Å². The molecule has 21 heavy (non-hydrogen) atoms. The van der Waals surface area contributed by atoms with Crippen LogP contribution in [0.4, 0.5) is 11.4 Å². The van der Waals surface area contributed by atoms with Crippen LogP contribution in [0.15, 0.2) is 18.2 Å². The van der Waals surface area contributed by atoms with Crippen molar-refractivity contribution < 1.29 is 9.53 Å². The van der Waals surface area contributed by atoms with E-state index in [0.717, 1.165) is 17.8 Å². The first-order chi connectivity index (χ1) is 9.97. The van der Waals surface area contributed by atoms with E-state index in [4.69, 9.17) is 10.5 Å². The van der Waals surface area contributed by atoms with Crippen molar-refractivity contribution in [1.29, 1.82) is 0 Å². The largest absolute Gasteiger partial charge is 0.399 e. The standard InChI is InChI=1S/C16H27N3O2/c1-5-19(13(3)11-21-4)9-8-16(20)18-15-10-14(17)7-6-12(15)2/h6-7,10,13H,5,8-9,11,17H2,1-4H3,(H,18,20). The third-order valence-corrected chi connectivity index (χ3v) is 3.60. The van der Waals surface area contributed by atoms with E-state index in [1.807, 2.05) is 19.1 Å². The number of ether oxygens (including phenoxy) is 1. The zero-order chi connectivity index (χ0) is 15.8. The zero-order valence-electron chi connectivity index (χ0n) is 13.5. The number of amides is 1. The maximum absolute atomic E-state index is 12.1. The molecule has 118 valence electrons. The van der Waals surface area contributed by atoms with Gasteiger partial charge in [-0.15, -0.1) is 0 Å². The topological polar surface area (TPSA) is 67.6 Å². The molecule has 0 bridgehead atoms. The van der Waals surface area contributed by atoms with Crippen molar-refractivity contribution in [1.82, 2.24) is 4.90 Å². The third kappa shape index (κ3) is 5.73. The second-order valence-corrected chi connectivity index (χ2v) is 5.31. The van der Waals surface area contributed by atoms with Crippen LogP contribution in [0, 0.1) is 6.92 Å². The third-order valence-electron chi connectivity index (χ3n) is 3.60. The maximum atomic E-state index is 12.1. The number of methoxy groups -OCH3 is 1. The lowest BCUT2D eigenvalue weighted by Crippen LogP contribution is -2.38. The first-order valence-corrected chi connectivity index (χ1v) is 7.36. The Morgan fingerprint density at radius 3 is 2.81 bits per heavy atom. The minimum atomic E-state index is 0.00627. The van der Waals surface area contributed by atoms with Crippen molar-refractivity contribution in [3.8, 4) is 0 Å². The quantitative estimate of drug-likeness (QED) is 0.722. The van der Waals surface area contributed by atoms with Gasteiger partial charge in [0.2, 0.25) is 5.91 Å². The molecular weight excluding hydrogens is 266 g/mol. The van der Waals surface area contributed by atoms with Crippen molar-refractivity contribution >= 4 is 17.3 Å². The molecule has 1 aromatic carbocycles. The fourth-order valence-corrected chi connectivity index (χ4v) is 2.27. The van der Waals surface area contributed by atoms with Gasteiger partial charge in [0.1, 0.15) is 0 Å². The Kier molecular flexibility index (Phi) is 7.19. The van der Waals surface area contributed by atoms with E-state index < -0.39 is 0 Å². The highest BCUT2D eigenvalue weighted by atomic mass is 16.5. The molecule has 1 amide bonds. The molecule has 1 unspecified atom stereocenters. The second kappa shape index (κ2) is 8.64. The van der Waals surface area contributed by atoms with Gasteiger partial charge in [-0.2, -0.15) is 0 Å². The highest BCUT2D eigenvalue weighted by molar-refractivity contribution is 5.92. The Labute approximate surface area is 127 Å². The van der Waals surface area contributed by atoms with Crippen LogP contribution in [0.25, 0.3) is 0 Å². The van der Waals surface area contributed by atoms with Crippen LogP contribution in [0.3, 0.4) is 0 Å². The van der Waals surface area contributed by atoms with Crippen molar-refractivity contribution in [2.75, 3.05) is 37.9 Å². The summed E-state index contributed by atoms with van der Waals surface area (Å²) in [6.07, 6.45) is 0.454. The van der Waals surface area contributed by atoms with Gasteiger partial charge in [0, 0.05) is 37.5 Å². The molecule has 0 saturated heterocycles. The molecule has 0 radical (unpaired) electrons. The zero-order valence-corrected chi connectivity index (χ0v) is 13.5. The van der Waals surface area contributed by atoms with E-state index >= 15 is 0 Å². The number of aryl methyl sites for hydroxylation is 1. The minimum Gasteiger partial charge on any atom is -0.399 e. The Balaban J connectivity index is 2.51. The van der Waals surface area contributed by atoms with Crippen molar-refractivity contribution in [3.63, 3.8) is 0 Å². The molecule has 0 heterocycles. The van der Waals surface area contributed by atoms with Gasteiger partial charge in [-0.05, 0) is 38.1 Å². The number of nitrogens with two attached hydrogens (primary N) is 1. The van der Waals surface area contributed by atoms with E-state index in [-0.39, 0.29) is 5.91 Å². The molecule has 0 aliphatic heterocycles. The van der Waals surface area contributed by atoms with E-state index in [1.54, 1.807) is 13.2 Å². The SMILES string of the molecule is CCN(CCC(=O)Nc1cc(N)ccc1C)C(C)COC. The molecule has 1 aromatic rings. The minimum absolute atomic E-state index is 0.00627. The smallest absolute Gasteiger partial charge is 0.225 e. The summed E-state index contributed by atoms with van der Waals surface area (Å²) in [4.78, 5) is 14.3. The van der Waals surface area contributed by atoms with Gasteiger partial charge in [0.25, 0.3) is 0 Å². The molecule has 1 rings (SSSR count). The van der Waals surface area contributed by atoms with E-state index in [1.165, 1.54) is 0 Å². The lowest BCUT2D eigenvalue weighted by molar-refractivity contribution is -0.116. The number of anilines is 2. The van der Waals surface area contributed by atoms with Gasteiger partial charge >= 0.3 is 0 Å². The number of hydrogen-bond donors (Lipinski definition) is 2. The highest BCUT2D eigenvalue weighted by Crippen LogP contribution is 2.18. The number of likely N-dealkylation sites (N-methyl/N-ethyl adjacent to an activating group) is 1. The van der Waals surface area contributed by atoms with Crippen molar-refractivity contribution in [2.24, 2.45) is 0 Å². The van der Waals surface area contributed by atoms with Crippen LogP contribution in [0.2, 0.25) is 0 Å². The van der Waals surface area contributed by atoms with E-state index in [9.17, 15) is 4.79 Å². The van der Waals surface area contributed by atoms with Crippen LogP contribution >= 0.6 is 0 Å². The molecule has 0 saturated carbocycles. The van der Waals surface area contributed by atoms with Crippen LogP contribution in [-0.4, -0.2) is 43.7 Å². The summed E-state index contributed by atoms with van der Waals surface area (Å²) >= 11 is 0. The molecule has 1 atom stereocenters. The average molecular weight is 293 g/mol. The number of carbonyl (C=O) groups is 1. The lowest BCUT2D eigenvalue weighted by atomic mass is 10.1. The summed E-state index contributed by atoms with van der Waals surface area (Å²) in [5, 5.41) is 2.92. The summed E-state index contributed by atoms with van der Waals surface area (Å²) in [5.74, 6) is 0.00627. The molecule has 0 aliphatic rings. The monoisotopic (exact) mass is 293 g/mol. The first-order valence-electron chi connectivity index (χ1n) is 7.36. The Morgan fingerprint density at radius 2 is 2.19 bits per heavy atom. The predicted octanol–water partition coefficient (Wildman–Crippen LogP) is 2.26. The van der Waals surface area contributed by atoms with Crippen LogP contribution < -0.4 is 11.1 Å². The second-order valence-electron chi connectivity index (χ2n) is 5.31. The maximum Gasteiger partial charge on any atom is 0.225 e. The number of nitrogens with zero attached hydrogens (tertiary/aromatic N) is 1. The highest BCUT2D eigenvalue weighted by Gasteiger charge is 2.13. The van der Waals surface area contributed by atoms with Crippen LogP contribution in [0.5, 0.6) is 0 Å². The molecule has 3 N–H and O–H groups in total. The summed E-state index contributed by atoms with van der Waals surface area (Å²) in [6, 6.07) is 5.83. The summed E-state index contributed by atoms with van der Waals surface area (Å²) in [5.41, 5.74) is 8.20. The molecule has 0 fully saturated rings. The Bertz CT molecular complexity index is 463. The first kappa shape index (κ1) is 17.5. The van der Waals surface area contributed by atoms with E-state index in [0.29, 0.717) is 31.3 Å². The number of nitrogens with one attached hydrogen (secondary N) is 1. The van der Waals surface area contributed by atoms with E-state index in [2.05, 4.69) is 24.1 Å². The van der Waals surface area contributed by atoms with Crippen molar-refractivity contribution in [3.05, 3.63) is 23.8 Å². The van der Waals surface area contributed by atoms with Crippen LogP contribution in [0.1, 0.15) is 25.8 Å². The average Bonchev–Trinajstić information content (AvgIpc) is 2.44. The fourth-order valence-electron chi connectivity index (χ4n) is 2.27. The lowest BCUT2D eigenvalue weighted by Gasteiger charge is -2.26. The predicted molar refractivity (Wildman–Crippen MR) is 87.4 cm³/mol. The Morgan fingerprint density at radius 1 is 1.48 bits per heavy atom. The van der Waals surface area contributed by atoms with Crippen molar-refractivity contribution in [2.45, 2.75) is 33.2 Å². The molecule has 0 spiro atoms. The summed E-state index contributed by atoms with van der Waals surface area (Å²) in [6.45, 7) is 8.43. The van der Waals surface area contributed by atoms with Gasteiger partial charge in [0.15, 0.2) is 0 Å². The summed E-state index contributed by atoms with van der Waals surface area (Å²) < 4.78 is 5.16. The Hall–Kier alpha value is -1.59. The fraction of sp³-hybridized carbons (Fsp3) is 0.562. The number of hydrogen-bond acceptors (Lipinski definition) is 4. The van der Waals surface area contributed by atoms with Gasteiger partial charge in [0.05, 0.1) is 6.61 Å². The van der Waals surface area contributed by atoms with Crippen LogP contribution in [-0.2, 0) is 9.53 Å². The molecule has 0 aromatic heterocycles. The normalized spacial score (nSPS) is 12.4. The summed E-state index contributed by atoms with van der Waals surface area (Å²) in [7, 11) is 1.69. The number of rotatable bonds is 8. The molecule has 0 aliphatic carbocycles. The van der Waals surface area contributed by atoms with Gasteiger partial charge < -0.3 is 15.8 Å².